The van der Waals surface area contributed by atoms with Crippen molar-refractivity contribution in [1.29, 1.82) is 0 Å². The maximum atomic E-state index is 12.3. The molecule has 0 spiro atoms. The van der Waals surface area contributed by atoms with Gasteiger partial charge in [0.25, 0.3) is 5.91 Å². The van der Waals surface area contributed by atoms with E-state index in [1.54, 1.807) is 48.6 Å². The van der Waals surface area contributed by atoms with Gasteiger partial charge in [-0.15, -0.1) is 0 Å². The van der Waals surface area contributed by atoms with Gasteiger partial charge in [0.15, 0.2) is 5.78 Å². The lowest BCUT2D eigenvalue weighted by molar-refractivity contribution is -0.140. The highest BCUT2D eigenvalue weighted by atomic mass is 35.5. The van der Waals surface area contributed by atoms with Crippen molar-refractivity contribution in [1.82, 2.24) is 4.90 Å². The molecule has 3 rings (SSSR count). The molecule has 29 heavy (non-hydrogen) atoms. The van der Waals surface area contributed by atoms with E-state index in [0.717, 1.165) is 27.8 Å². The highest BCUT2D eigenvalue weighted by molar-refractivity contribution is 8.26. The van der Waals surface area contributed by atoms with Gasteiger partial charge >= 0.3 is 5.97 Å². The number of halogens is 1. The van der Waals surface area contributed by atoms with Crippen molar-refractivity contribution in [3.63, 3.8) is 0 Å². The average Bonchev–Trinajstić information content (AvgIpc) is 2.94. The Morgan fingerprint density at radius 2 is 1.83 bits per heavy atom. The first-order chi connectivity index (χ1) is 13.8. The number of carbonyl (C=O) groups excluding carboxylic acids is 2. The molecule has 2 aromatic carbocycles. The number of aliphatic carboxylic acids is 1. The summed E-state index contributed by atoms with van der Waals surface area (Å²) in [5.41, 5.74) is 2.09. The zero-order valence-electron chi connectivity index (χ0n) is 14.9. The zero-order chi connectivity index (χ0) is 21.0. The molecule has 1 fully saturated rings. The molecule has 2 aromatic rings. The Labute approximate surface area is 181 Å². The Morgan fingerprint density at radius 1 is 1.14 bits per heavy atom. The van der Waals surface area contributed by atoms with Gasteiger partial charge in [-0.3, -0.25) is 19.3 Å². The molecule has 0 aromatic heterocycles. The highest BCUT2D eigenvalue weighted by Crippen LogP contribution is 2.32. The molecule has 0 radical (unpaired) electrons. The fourth-order valence-electron chi connectivity index (χ4n) is 2.54. The number of thioether (sulfide) groups is 1. The van der Waals surface area contributed by atoms with E-state index in [0.29, 0.717) is 15.5 Å². The summed E-state index contributed by atoms with van der Waals surface area (Å²) in [6.45, 7) is -0.452. The molecule has 0 unspecified atom stereocenters. The van der Waals surface area contributed by atoms with E-state index in [1.165, 1.54) is 6.08 Å². The molecule has 1 amide bonds. The van der Waals surface area contributed by atoms with E-state index in [2.05, 4.69) is 0 Å². The number of hydrogen-bond acceptors (Lipinski definition) is 5. The Bertz CT molecular complexity index is 1060. The van der Waals surface area contributed by atoms with Crippen LogP contribution in [0.25, 0.3) is 12.2 Å². The van der Waals surface area contributed by atoms with Crippen LogP contribution in [0.3, 0.4) is 0 Å². The number of benzene rings is 2. The number of nitrogens with zero attached hydrogens (tertiary/aromatic N) is 1. The fourth-order valence-corrected chi connectivity index (χ4v) is 3.98. The summed E-state index contributed by atoms with van der Waals surface area (Å²) in [5, 5.41) is 9.37. The van der Waals surface area contributed by atoms with Crippen LogP contribution in [0, 0.1) is 0 Å². The molecule has 146 valence electrons. The molecule has 0 aliphatic carbocycles. The minimum atomic E-state index is -1.12. The Morgan fingerprint density at radius 3 is 2.48 bits per heavy atom. The van der Waals surface area contributed by atoms with Crippen molar-refractivity contribution >= 4 is 69.7 Å². The third-order valence-electron chi connectivity index (χ3n) is 3.94. The molecule has 0 bridgehead atoms. The molecular formula is C21H14ClNO4S2. The van der Waals surface area contributed by atoms with Crippen LogP contribution in [0.5, 0.6) is 0 Å². The lowest BCUT2D eigenvalue weighted by Crippen LogP contribution is -2.33. The molecule has 1 aliphatic heterocycles. The summed E-state index contributed by atoms with van der Waals surface area (Å²) >= 11 is 12.0. The number of amides is 1. The van der Waals surface area contributed by atoms with Crippen LogP contribution in [0.2, 0.25) is 5.02 Å². The van der Waals surface area contributed by atoms with Gasteiger partial charge in [0.2, 0.25) is 0 Å². The summed E-state index contributed by atoms with van der Waals surface area (Å²) in [6.07, 6.45) is 4.82. The van der Waals surface area contributed by atoms with Crippen molar-refractivity contribution < 1.29 is 19.5 Å². The molecule has 8 heteroatoms. The molecule has 1 aliphatic rings. The van der Waals surface area contributed by atoms with Gasteiger partial charge in [0, 0.05) is 10.6 Å². The molecule has 0 atom stereocenters. The van der Waals surface area contributed by atoms with Gasteiger partial charge in [-0.25, -0.2) is 0 Å². The van der Waals surface area contributed by atoms with Crippen molar-refractivity contribution in [3.8, 4) is 0 Å². The van der Waals surface area contributed by atoms with E-state index < -0.39 is 18.4 Å². The zero-order valence-corrected chi connectivity index (χ0v) is 17.3. The standard InChI is InChI=1S/C21H14ClNO4S2/c22-16-3-1-2-15(11-16)17(24)9-8-13-4-6-14(7-5-13)10-18-20(27)23(12-19(25)26)21(28)29-18/h1-11H,12H2,(H,25,26)/b9-8+,18-10+. The topological polar surface area (TPSA) is 74.7 Å². The number of carbonyl (C=O) groups is 3. The minimum absolute atomic E-state index is 0.154. The first-order valence-corrected chi connectivity index (χ1v) is 9.99. The average molecular weight is 444 g/mol. The van der Waals surface area contributed by atoms with E-state index in [1.807, 2.05) is 12.1 Å². The minimum Gasteiger partial charge on any atom is -0.480 e. The first-order valence-electron chi connectivity index (χ1n) is 8.39. The Kier molecular flexibility index (Phi) is 6.64. The smallest absolute Gasteiger partial charge is 0.323 e. The van der Waals surface area contributed by atoms with Crippen LogP contribution in [0.1, 0.15) is 21.5 Å². The van der Waals surface area contributed by atoms with E-state index in [4.69, 9.17) is 28.9 Å². The van der Waals surface area contributed by atoms with Crippen LogP contribution >= 0.6 is 35.6 Å². The van der Waals surface area contributed by atoms with Crippen LogP contribution in [0.15, 0.2) is 59.5 Å². The van der Waals surface area contributed by atoms with E-state index in [-0.39, 0.29) is 10.1 Å². The number of ketones is 1. The monoisotopic (exact) mass is 443 g/mol. The number of hydrogen-bond donors (Lipinski definition) is 1. The van der Waals surface area contributed by atoms with Crippen LogP contribution in [-0.2, 0) is 9.59 Å². The van der Waals surface area contributed by atoms with Crippen LogP contribution in [-0.4, -0.2) is 38.5 Å². The first kappa shape index (κ1) is 21.0. The lowest BCUT2D eigenvalue weighted by atomic mass is 10.1. The van der Waals surface area contributed by atoms with Crippen LogP contribution < -0.4 is 0 Å². The van der Waals surface area contributed by atoms with Crippen molar-refractivity contribution in [2.45, 2.75) is 0 Å². The highest BCUT2D eigenvalue weighted by Gasteiger charge is 2.33. The fraction of sp³-hybridized carbons (Fsp3) is 0.0476. The third kappa shape index (κ3) is 5.41. The second kappa shape index (κ2) is 9.17. The molecule has 1 N–H and O–H groups in total. The number of carboxylic acids is 1. The maximum Gasteiger partial charge on any atom is 0.323 e. The van der Waals surface area contributed by atoms with Crippen molar-refractivity contribution in [2.75, 3.05) is 6.54 Å². The normalized spacial score (nSPS) is 15.5. The number of carboxylic acid groups (broad SMARTS) is 1. The summed E-state index contributed by atoms with van der Waals surface area (Å²) in [7, 11) is 0. The van der Waals surface area contributed by atoms with Crippen LogP contribution in [0.4, 0.5) is 0 Å². The molecule has 1 saturated heterocycles. The maximum absolute atomic E-state index is 12.3. The molecule has 0 saturated carbocycles. The summed E-state index contributed by atoms with van der Waals surface area (Å²) in [6, 6.07) is 13.9. The largest absolute Gasteiger partial charge is 0.480 e. The van der Waals surface area contributed by atoms with Gasteiger partial charge in [-0.05, 0) is 35.4 Å². The van der Waals surface area contributed by atoms with Gasteiger partial charge in [0.1, 0.15) is 10.9 Å². The molecule has 5 nitrogen and oxygen atoms in total. The van der Waals surface area contributed by atoms with E-state index >= 15 is 0 Å². The SMILES string of the molecule is O=C(O)CN1C(=O)/C(=C\c2ccc(/C=C/C(=O)c3cccc(Cl)c3)cc2)SC1=S. The van der Waals surface area contributed by atoms with Gasteiger partial charge in [-0.1, -0.05) is 78.1 Å². The second-order valence-electron chi connectivity index (χ2n) is 6.04. The third-order valence-corrected chi connectivity index (χ3v) is 5.55. The summed E-state index contributed by atoms with van der Waals surface area (Å²) in [5.74, 6) is -1.69. The van der Waals surface area contributed by atoms with E-state index in [9.17, 15) is 14.4 Å². The number of allylic oxidation sites excluding steroid dienone is 1. The summed E-state index contributed by atoms with van der Waals surface area (Å²) < 4.78 is 0.225. The quantitative estimate of drug-likeness (QED) is 0.402. The summed E-state index contributed by atoms with van der Waals surface area (Å²) in [4.78, 5) is 36.8. The van der Waals surface area contributed by atoms with Crippen molar-refractivity contribution in [2.24, 2.45) is 0 Å². The Hall–Kier alpha value is -2.74. The molecule has 1 heterocycles. The molecular weight excluding hydrogens is 430 g/mol. The van der Waals surface area contributed by atoms with Crippen molar-refractivity contribution in [3.05, 3.63) is 81.2 Å². The second-order valence-corrected chi connectivity index (χ2v) is 8.15. The predicted molar refractivity (Wildman–Crippen MR) is 119 cm³/mol. The number of thiocarbonyl (C=S) groups is 1. The predicted octanol–water partition coefficient (Wildman–Crippen LogP) is 4.52. The van der Waals surface area contributed by atoms with Gasteiger partial charge in [-0.2, -0.15) is 0 Å². The van der Waals surface area contributed by atoms with Gasteiger partial charge < -0.3 is 5.11 Å². The van der Waals surface area contributed by atoms with Gasteiger partial charge in [0.05, 0.1) is 4.91 Å². The number of rotatable bonds is 6. The Balaban J connectivity index is 1.70. The lowest BCUT2D eigenvalue weighted by Gasteiger charge is -2.10.